The number of rotatable bonds is 9. The van der Waals surface area contributed by atoms with Gasteiger partial charge in [-0.2, -0.15) is 0 Å². The number of hydrogen-bond donors (Lipinski definition) is 3. The molecule has 9 nitrogen and oxygen atoms in total. The normalized spacial score (nSPS) is 16.8. The van der Waals surface area contributed by atoms with Crippen LogP contribution in [0, 0.1) is 0 Å². The summed E-state index contributed by atoms with van der Waals surface area (Å²) in [5.41, 5.74) is 5.64. The summed E-state index contributed by atoms with van der Waals surface area (Å²) in [5.74, 6) is -2.14. The van der Waals surface area contributed by atoms with Gasteiger partial charge in [-0.05, 0) is 6.42 Å². The van der Waals surface area contributed by atoms with Crippen molar-refractivity contribution in [2.45, 2.75) is 18.9 Å². The molecule has 1 aliphatic rings. The number of carbonyl (C=O) groups is 3. The number of ether oxygens (including phenoxy) is 2. The van der Waals surface area contributed by atoms with Crippen LogP contribution < -0.4 is 11.1 Å². The average molecular weight is 317 g/mol. The number of carboxylic acid groups (broad SMARTS) is 1. The molecule has 1 saturated heterocycles. The summed E-state index contributed by atoms with van der Waals surface area (Å²) in [6, 6.07) is -0.889. The van der Waals surface area contributed by atoms with E-state index in [1.807, 2.05) is 0 Å². The molecule has 1 aliphatic heterocycles. The zero-order valence-corrected chi connectivity index (χ0v) is 12.5. The number of nitrogens with two attached hydrogens (primary N) is 1. The number of aliphatic carboxylic acids is 1. The van der Waals surface area contributed by atoms with Crippen LogP contribution in [0.5, 0.6) is 0 Å². The van der Waals surface area contributed by atoms with Crippen LogP contribution in [0.1, 0.15) is 12.8 Å². The summed E-state index contributed by atoms with van der Waals surface area (Å²) in [6.45, 7) is 3.41. The summed E-state index contributed by atoms with van der Waals surface area (Å²) in [7, 11) is 0. The molecule has 0 saturated carbocycles. The summed E-state index contributed by atoms with van der Waals surface area (Å²) in [5, 5.41) is 10.6. The third kappa shape index (κ3) is 7.91. The number of carboxylic acids is 1. The van der Waals surface area contributed by atoms with E-state index < -0.39 is 30.4 Å². The maximum atomic E-state index is 11.6. The number of esters is 1. The number of nitrogens with zero attached hydrogens (tertiary/aromatic N) is 1. The van der Waals surface area contributed by atoms with Gasteiger partial charge >= 0.3 is 11.9 Å². The predicted octanol–water partition coefficient (Wildman–Crippen LogP) is -1.83. The molecule has 1 atom stereocenters. The van der Waals surface area contributed by atoms with E-state index >= 15 is 0 Å². The second kappa shape index (κ2) is 10.1. The molecular formula is C13H23N3O6. The first-order valence-electron chi connectivity index (χ1n) is 7.20. The summed E-state index contributed by atoms with van der Waals surface area (Å²) in [6.07, 6.45) is 0.0921. The highest BCUT2D eigenvalue weighted by atomic mass is 16.5. The van der Waals surface area contributed by atoms with Gasteiger partial charge in [-0.3, -0.25) is 19.3 Å². The molecule has 9 heteroatoms. The van der Waals surface area contributed by atoms with Crippen LogP contribution in [0.3, 0.4) is 0 Å². The molecule has 0 radical (unpaired) electrons. The van der Waals surface area contributed by atoms with Gasteiger partial charge < -0.3 is 25.6 Å². The number of morpholine rings is 1. The highest BCUT2D eigenvalue weighted by Crippen LogP contribution is 1.99. The van der Waals surface area contributed by atoms with E-state index in [9.17, 15) is 14.4 Å². The van der Waals surface area contributed by atoms with E-state index in [4.69, 9.17) is 20.3 Å². The molecule has 0 aromatic carbocycles. The van der Waals surface area contributed by atoms with Gasteiger partial charge in [-0.1, -0.05) is 0 Å². The molecule has 0 bridgehead atoms. The van der Waals surface area contributed by atoms with Crippen molar-refractivity contribution in [2.75, 3.05) is 46.0 Å². The van der Waals surface area contributed by atoms with Gasteiger partial charge in [0.05, 0.1) is 13.2 Å². The lowest BCUT2D eigenvalue weighted by atomic mass is 10.1. The Bertz CT molecular complexity index is 384. The Kier molecular flexibility index (Phi) is 8.41. The van der Waals surface area contributed by atoms with Crippen LogP contribution in [-0.4, -0.2) is 79.9 Å². The van der Waals surface area contributed by atoms with E-state index in [1.54, 1.807) is 0 Å². The van der Waals surface area contributed by atoms with Gasteiger partial charge in [0.2, 0.25) is 5.91 Å². The molecule has 1 fully saturated rings. The molecule has 126 valence electrons. The van der Waals surface area contributed by atoms with E-state index in [0.717, 1.165) is 13.1 Å². The van der Waals surface area contributed by atoms with Crippen LogP contribution in [0.15, 0.2) is 0 Å². The van der Waals surface area contributed by atoms with Gasteiger partial charge in [0.1, 0.15) is 19.2 Å². The zero-order chi connectivity index (χ0) is 16.4. The monoisotopic (exact) mass is 317 g/mol. The van der Waals surface area contributed by atoms with Crippen LogP contribution >= 0.6 is 0 Å². The highest BCUT2D eigenvalue weighted by molar-refractivity contribution is 5.82. The molecular weight excluding hydrogens is 294 g/mol. The molecule has 0 unspecified atom stereocenters. The van der Waals surface area contributed by atoms with E-state index in [0.29, 0.717) is 19.8 Å². The maximum Gasteiger partial charge on any atom is 0.322 e. The molecule has 4 N–H and O–H groups in total. The largest absolute Gasteiger partial charge is 0.480 e. The zero-order valence-electron chi connectivity index (χ0n) is 12.5. The maximum absolute atomic E-state index is 11.6. The molecule has 0 aromatic rings. The Morgan fingerprint density at radius 2 is 2.00 bits per heavy atom. The standard InChI is InChI=1S/C13H23N3O6/c14-10(1-2-11(17)15-9-12(18)19)13(20)22-8-5-16-3-6-21-7-4-16/h10H,1-9,14H2,(H,15,17)(H,18,19)/t10-/m1/s1. The third-order valence-corrected chi connectivity index (χ3v) is 3.18. The first kappa shape index (κ1) is 18.3. The summed E-state index contributed by atoms with van der Waals surface area (Å²) >= 11 is 0. The summed E-state index contributed by atoms with van der Waals surface area (Å²) in [4.78, 5) is 35.3. The molecule has 1 heterocycles. The SMILES string of the molecule is N[C@H](CCC(=O)NCC(=O)O)C(=O)OCCN1CCOCC1. The van der Waals surface area contributed by atoms with Crippen molar-refractivity contribution in [3.63, 3.8) is 0 Å². The van der Waals surface area contributed by atoms with Crippen molar-refractivity contribution >= 4 is 17.8 Å². The van der Waals surface area contributed by atoms with Crippen molar-refractivity contribution < 1.29 is 29.0 Å². The van der Waals surface area contributed by atoms with Gasteiger partial charge in [-0.15, -0.1) is 0 Å². The predicted molar refractivity (Wildman–Crippen MR) is 76.1 cm³/mol. The lowest BCUT2D eigenvalue weighted by Crippen LogP contribution is -2.40. The first-order valence-corrected chi connectivity index (χ1v) is 7.20. The molecule has 0 spiro atoms. The quantitative estimate of drug-likeness (QED) is 0.423. The second-order valence-electron chi connectivity index (χ2n) is 4.94. The number of hydrogen-bond acceptors (Lipinski definition) is 7. The van der Waals surface area contributed by atoms with Crippen molar-refractivity contribution in [1.29, 1.82) is 0 Å². The molecule has 1 amide bonds. The number of nitrogens with one attached hydrogen (secondary N) is 1. The summed E-state index contributed by atoms with van der Waals surface area (Å²) < 4.78 is 10.3. The van der Waals surface area contributed by atoms with Gasteiger partial charge in [0.25, 0.3) is 0 Å². The second-order valence-corrected chi connectivity index (χ2v) is 4.94. The molecule has 0 aliphatic carbocycles. The Morgan fingerprint density at radius 3 is 2.64 bits per heavy atom. The van der Waals surface area contributed by atoms with E-state index in [2.05, 4.69) is 10.2 Å². The lowest BCUT2D eigenvalue weighted by molar-refractivity contribution is -0.146. The molecule has 1 rings (SSSR count). The average Bonchev–Trinajstić information content (AvgIpc) is 2.51. The first-order chi connectivity index (χ1) is 10.5. The fraction of sp³-hybridized carbons (Fsp3) is 0.769. The van der Waals surface area contributed by atoms with Crippen molar-refractivity contribution in [3.8, 4) is 0 Å². The highest BCUT2D eigenvalue weighted by Gasteiger charge is 2.17. The minimum atomic E-state index is -1.12. The minimum Gasteiger partial charge on any atom is -0.480 e. The Hall–Kier alpha value is -1.71. The number of carbonyl (C=O) groups excluding carboxylic acids is 2. The molecule has 22 heavy (non-hydrogen) atoms. The van der Waals surface area contributed by atoms with Crippen molar-refractivity contribution in [3.05, 3.63) is 0 Å². The number of amides is 1. The van der Waals surface area contributed by atoms with Crippen LogP contribution in [-0.2, 0) is 23.9 Å². The smallest absolute Gasteiger partial charge is 0.322 e. The van der Waals surface area contributed by atoms with Crippen molar-refractivity contribution in [1.82, 2.24) is 10.2 Å². The fourth-order valence-corrected chi connectivity index (χ4v) is 1.87. The minimum absolute atomic E-state index is 0.0208. The molecule has 0 aromatic heterocycles. The Morgan fingerprint density at radius 1 is 1.32 bits per heavy atom. The van der Waals surface area contributed by atoms with Gasteiger partial charge in [-0.25, -0.2) is 0 Å². The lowest BCUT2D eigenvalue weighted by Gasteiger charge is -2.26. The van der Waals surface area contributed by atoms with Gasteiger partial charge in [0.15, 0.2) is 0 Å². The van der Waals surface area contributed by atoms with E-state index in [1.165, 1.54) is 0 Å². The van der Waals surface area contributed by atoms with Crippen LogP contribution in [0.4, 0.5) is 0 Å². The topological polar surface area (TPSA) is 131 Å². The Balaban J connectivity index is 2.10. The van der Waals surface area contributed by atoms with E-state index in [-0.39, 0.29) is 19.4 Å². The third-order valence-electron chi connectivity index (χ3n) is 3.18. The van der Waals surface area contributed by atoms with Crippen molar-refractivity contribution in [2.24, 2.45) is 5.73 Å². The fourth-order valence-electron chi connectivity index (χ4n) is 1.87. The van der Waals surface area contributed by atoms with Gasteiger partial charge in [0, 0.05) is 26.1 Å². The Labute approximate surface area is 128 Å². The van der Waals surface area contributed by atoms with Crippen LogP contribution in [0.25, 0.3) is 0 Å². The van der Waals surface area contributed by atoms with Crippen LogP contribution in [0.2, 0.25) is 0 Å².